The van der Waals surface area contributed by atoms with Crippen LogP contribution >= 0.6 is 0 Å². The molecule has 0 aromatic heterocycles. The van der Waals surface area contributed by atoms with E-state index in [-0.39, 0.29) is 24.3 Å². The molecule has 21 heavy (non-hydrogen) atoms. The molecule has 1 atom stereocenters. The molecule has 0 aliphatic carbocycles. The van der Waals surface area contributed by atoms with Gasteiger partial charge in [0, 0.05) is 12.5 Å². The molecule has 116 valence electrons. The summed E-state index contributed by atoms with van der Waals surface area (Å²) >= 11 is 0. The van der Waals surface area contributed by atoms with Crippen LogP contribution in [0.3, 0.4) is 0 Å². The zero-order valence-corrected chi connectivity index (χ0v) is 13.3. The van der Waals surface area contributed by atoms with Gasteiger partial charge in [-0.2, -0.15) is 0 Å². The standard InChI is InChI=1S/C17H25NO3/c1-12(2)10-18(11-16(19)20)17(21)14(4)9-15-7-5-13(3)6-8-15/h5-8,12,14H,9-11H2,1-4H3,(H,19,20). The van der Waals surface area contributed by atoms with Gasteiger partial charge in [0.15, 0.2) is 0 Å². The van der Waals surface area contributed by atoms with Crippen molar-refractivity contribution in [2.24, 2.45) is 11.8 Å². The minimum absolute atomic E-state index is 0.0910. The van der Waals surface area contributed by atoms with Crippen molar-refractivity contribution < 1.29 is 14.7 Å². The van der Waals surface area contributed by atoms with Gasteiger partial charge >= 0.3 is 5.97 Å². The number of aryl methyl sites for hydroxylation is 1. The average molecular weight is 291 g/mol. The highest BCUT2D eigenvalue weighted by molar-refractivity contribution is 5.83. The summed E-state index contributed by atoms with van der Waals surface area (Å²) in [4.78, 5) is 24.8. The molecule has 1 unspecified atom stereocenters. The number of carboxylic acids is 1. The van der Waals surface area contributed by atoms with Gasteiger partial charge in [-0.1, -0.05) is 50.6 Å². The first-order valence-electron chi connectivity index (χ1n) is 7.35. The van der Waals surface area contributed by atoms with Gasteiger partial charge in [0.25, 0.3) is 0 Å². The van der Waals surface area contributed by atoms with Crippen molar-refractivity contribution >= 4 is 11.9 Å². The second kappa shape index (κ2) is 7.81. The van der Waals surface area contributed by atoms with Crippen LogP contribution < -0.4 is 0 Å². The summed E-state index contributed by atoms with van der Waals surface area (Å²) in [5, 5.41) is 8.95. The molecular formula is C17H25NO3. The van der Waals surface area contributed by atoms with Crippen LogP contribution in [-0.4, -0.2) is 35.0 Å². The maximum atomic E-state index is 12.4. The Hall–Kier alpha value is -1.84. The van der Waals surface area contributed by atoms with Crippen LogP contribution in [0.5, 0.6) is 0 Å². The second-order valence-corrected chi connectivity index (χ2v) is 6.10. The maximum absolute atomic E-state index is 12.4. The summed E-state index contributed by atoms with van der Waals surface area (Å²) in [7, 11) is 0. The van der Waals surface area contributed by atoms with E-state index in [9.17, 15) is 9.59 Å². The Bertz CT molecular complexity index is 479. The van der Waals surface area contributed by atoms with Gasteiger partial charge in [0.1, 0.15) is 6.54 Å². The lowest BCUT2D eigenvalue weighted by molar-refractivity contribution is -0.146. The van der Waals surface area contributed by atoms with Gasteiger partial charge in [0.05, 0.1) is 0 Å². The molecule has 1 N–H and O–H groups in total. The van der Waals surface area contributed by atoms with Gasteiger partial charge in [0.2, 0.25) is 5.91 Å². The molecule has 4 heteroatoms. The Balaban J connectivity index is 2.72. The van der Waals surface area contributed by atoms with Crippen LogP contribution in [0, 0.1) is 18.8 Å². The number of carbonyl (C=O) groups is 2. The van der Waals surface area contributed by atoms with Crippen molar-refractivity contribution in [3.8, 4) is 0 Å². The fourth-order valence-electron chi connectivity index (χ4n) is 2.31. The highest BCUT2D eigenvalue weighted by Gasteiger charge is 2.23. The molecule has 1 aromatic carbocycles. The fourth-order valence-corrected chi connectivity index (χ4v) is 2.31. The Kier molecular flexibility index (Phi) is 6.40. The molecule has 0 saturated heterocycles. The minimum atomic E-state index is -0.966. The van der Waals surface area contributed by atoms with Crippen LogP contribution in [0.25, 0.3) is 0 Å². The lowest BCUT2D eigenvalue weighted by Gasteiger charge is -2.26. The normalized spacial score (nSPS) is 12.2. The predicted octanol–water partition coefficient (Wildman–Crippen LogP) is 2.74. The molecule has 0 bridgehead atoms. The minimum Gasteiger partial charge on any atom is -0.480 e. The van der Waals surface area contributed by atoms with Crippen molar-refractivity contribution in [1.82, 2.24) is 4.90 Å². The van der Waals surface area contributed by atoms with Gasteiger partial charge in [-0.25, -0.2) is 0 Å². The Labute approximate surface area is 126 Å². The zero-order chi connectivity index (χ0) is 16.0. The lowest BCUT2D eigenvalue weighted by atomic mass is 9.98. The van der Waals surface area contributed by atoms with E-state index in [4.69, 9.17) is 5.11 Å². The number of nitrogens with zero attached hydrogens (tertiary/aromatic N) is 1. The smallest absolute Gasteiger partial charge is 0.323 e. The number of carboxylic acid groups (broad SMARTS) is 1. The van der Waals surface area contributed by atoms with Crippen LogP contribution in [0.1, 0.15) is 31.9 Å². The van der Waals surface area contributed by atoms with Gasteiger partial charge in [-0.3, -0.25) is 9.59 Å². The van der Waals surface area contributed by atoms with E-state index < -0.39 is 5.97 Å². The zero-order valence-electron chi connectivity index (χ0n) is 13.3. The summed E-state index contributed by atoms with van der Waals surface area (Å²) in [6.07, 6.45) is 0.632. The van der Waals surface area contributed by atoms with Gasteiger partial charge < -0.3 is 10.0 Å². The summed E-state index contributed by atoms with van der Waals surface area (Å²) in [6.45, 7) is 8.09. The fraction of sp³-hybridized carbons (Fsp3) is 0.529. The predicted molar refractivity (Wildman–Crippen MR) is 83.1 cm³/mol. The van der Waals surface area contributed by atoms with Crippen molar-refractivity contribution in [2.45, 2.75) is 34.1 Å². The Morgan fingerprint density at radius 1 is 1.14 bits per heavy atom. The van der Waals surface area contributed by atoms with Crippen LogP contribution in [0.2, 0.25) is 0 Å². The molecule has 0 heterocycles. The quantitative estimate of drug-likeness (QED) is 0.840. The number of aliphatic carboxylic acids is 1. The SMILES string of the molecule is Cc1ccc(CC(C)C(=O)N(CC(=O)O)CC(C)C)cc1. The van der Waals surface area contributed by atoms with Crippen molar-refractivity contribution in [1.29, 1.82) is 0 Å². The summed E-state index contributed by atoms with van der Waals surface area (Å²) in [5.41, 5.74) is 2.28. The number of benzene rings is 1. The Morgan fingerprint density at radius 3 is 2.19 bits per heavy atom. The highest BCUT2D eigenvalue weighted by atomic mass is 16.4. The number of hydrogen-bond acceptors (Lipinski definition) is 2. The number of hydrogen-bond donors (Lipinski definition) is 1. The van der Waals surface area contributed by atoms with E-state index in [1.165, 1.54) is 10.5 Å². The first kappa shape index (κ1) is 17.2. The van der Waals surface area contributed by atoms with Gasteiger partial charge in [-0.15, -0.1) is 0 Å². The van der Waals surface area contributed by atoms with Gasteiger partial charge in [-0.05, 0) is 24.8 Å². The van der Waals surface area contributed by atoms with Crippen molar-refractivity contribution in [2.75, 3.05) is 13.1 Å². The summed E-state index contributed by atoms with van der Waals surface area (Å²) < 4.78 is 0. The molecule has 0 aliphatic heterocycles. The number of carbonyl (C=O) groups excluding carboxylic acids is 1. The monoisotopic (exact) mass is 291 g/mol. The van der Waals surface area contributed by atoms with E-state index in [2.05, 4.69) is 0 Å². The third-order valence-corrected chi connectivity index (χ3v) is 3.31. The molecule has 0 fully saturated rings. The van der Waals surface area contributed by atoms with Crippen LogP contribution in [-0.2, 0) is 16.0 Å². The molecule has 1 rings (SSSR count). The van der Waals surface area contributed by atoms with Crippen LogP contribution in [0.4, 0.5) is 0 Å². The van der Waals surface area contributed by atoms with E-state index in [0.717, 1.165) is 5.56 Å². The molecule has 1 aromatic rings. The molecule has 4 nitrogen and oxygen atoms in total. The first-order valence-corrected chi connectivity index (χ1v) is 7.35. The first-order chi connectivity index (χ1) is 9.79. The molecule has 0 aliphatic rings. The van der Waals surface area contributed by atoms with E-state index in [1.54, 1.807) is 0 Å². The third kappa shape index (κ3) is 5.98. The van der Waals surface area contributed by atoms with E-state index >= 15 is 0 Å². The maximum Gasteiger partial charge on any atom is 0.323 e. The van der Waals surface area contributed by atoms with Crippen LogP contribution in [0.15, 0.2) is 24.3 Å². The number of rotatable bonds is 7. The molecule has 0 radical (unpaired) electrons. The molecule has 0 spiro atoms. The molecule has 0 saturated carbocycles. The number of amides is 1. The summed E-state index contributed by atoms with van der Waals surface area (Å²) in [6, 6.07) is 8.08. The molecule has 1 amide bonds. The lowest BCUT2D eigenvalue weighted by Crippen LogP contribution is -2.41. The second-order valence-electron chi connectivity index (χ2n) is 6.10. The third-order valence-electron chi connectivity index (χ3n) is 3.31. The van der Waals surface area contributed by atoms with Crippen molar-refractivity contribution in [3.05, 3.63) is 35.4 Å². The topological polar surface area (TPSA) is 57.6 Å². The Morgan fingerprint density at radius 2 is 1.71 bits per heavy atom. The largest absolute Gasteiger partial charge is 0.480 e. The molecular weight excluding hydrogens is 266 g/mol. The average Bonchev–Trinajstić information content (AvgIpc) is 2.38. The van der Waals surface area contributed by atoms with Crippen molar-refractivity contribution in [3.63, 3.8) is 0 Å². The van der Waals surface area contributed by atoms with E-state index in [1.807, 2.05) is 52.0 Å². The summed E-state index contributed by atoms with van der Waals surface area (Å²) in [5.74, 6) is -1.02. The highest BCUT2D eigenvalue weighted by Crippen LogP contribution is 2.13. The van der Waals surface area contributed by atoms with E-state index in [0.29, 0.717) is 13.0 Å².